The summed E-state index contributed by atoms with van der Waals surface area (Å²) in [6.07, 6.45) is 1.37. The van der Waals surface area contributed by atoms with Crippen LogP contribution in [0.1, 0.15) is 25.3 Å². The molecule has 1 fully saturated rings. The van der Waals surface area contributed by atoms with Crippen molar-refractivity contribution in [3.05, 3.63) is 29.3 Å². The molecule has 1 aromatic rings. The summed E-state index contributed by atoms with van der Waals surface area (Å²) in [5, 5.41) is 18.0. The molecule has 0 spiro atoms. The Bertz CT molecular complexity index is 560. The third-order valence-corrected chi connectivity index (χ3v) is 3.62. The molecule has 1 aliphatic rings. The van der Waals surface area contributed by atoms with E-state index in [4.69, 9.17) is 5.26 Å². The van der Waals surface area contributed by atoms with Crippen molar-refractivity contribution in [2.45, 2.75) is 25.8 Å². The van der Waals surface area contributed by atoms with E-state index in [1.165, 1.54) is 4.90 Å². The van der Waals surface area contributed by atoms with Crippen LogP contribution in [0.2, 0.25) is 0 Å². The SMILES string of the molecule is CC1CCCN(c2c(F)cc(C#N)cc2F)C1C(=O)O. The summed E-state index contributed by atoms with van der Waals surface area (Å²) in [7, 11) is 0. The standard InChI is InChI=1S/C14H14F2N2O2/c1-8-3-2-4-18(12(8)14(19)20)13-10(15)5-9(7-17)6-11(13)16/h5-6,8,12H,2-4H2,1H3,(H,19,20). The van der Waals surface area contributed by atoms with E-state index in [0.717, 1.165) is 12.1 Å². The van der Waals surface area contributed by atoms with Gasteiger partial charge in [-0.3, -0.25) is 0 Å². The van der Waals surface area contributed by atoms with Gasteiger partial charge in [-0.1, -0.05) is 6.92 Å². The molecule has 106 valence electrons. The van der Waals surface area contributed by atoms with Crippen molar-refractivity contribution in [1.82, 2.24) is 0 Å². The second kappa shape index (κ2) is 5.45. The first kappa shape index (κ1) is 14.3. The maximum absolute atomic E-state index is 14.0. The number of nitriles is 1. The minimum Gasteiger partial charge on any atom is -0.480 e. The molecule has 1 saturated heterocycles. The first-order valence-corrected chi connectivity index (χ1v) is 6.34. The topological polar surface area (TPSA) is 64.3 Å². The van der Waals surface area contributed by atoms with Gasteiger partial charge in [0.15, 0.2) is 11.6 Å². The van der Waals surface area contributed by atoms with Gasteiger partial charge in [0.05, 0.1) is 11.6 Å². The number of nitrogens with zero attached hydrogens (tertiary/aromatic N) is 2. The van der Waals surface area contributed by atoms with Crippen LogP contribution in [0.5, 0.6) is 0 Å². The maximum atomic E-state index is 14.0. The quantitative estimate of drug-likeness (QED) is 0.904. The molecule has 0 bridgehead atoms. The Balaban J connectivity index is 2.49. The maximum Gasteiger partial charge on any atom is 0.326 e. The zero-order valence-electron chi connectivity index (χ0n) is 10.9. The number of anilines is 1. The lowest BCUT2D eigenvalue weighted by atomic mass is 9.90. The Morgan fingerprint density at radius 3 is 2.55 bits per heavy atom. The smallest absolute Gasteiger partial charge is 0.326 e. The molecule has 1 N–H and O–H groups in total. The molecule has 4 nitrogen and oxygen atoms in total. The molecule has 2 atom stereocenters. The third kappa shape index (κ3) is 2.44. The van der Waals surface area contributed by atoms with E-state index in [-0.39, 0.29) is 23.7 Å². The fourth-order valence-electron chi connectivity index (χ4n) is 2.72. The summed E-state index contributed by atoms with van der Waals surface area (Å²) in [5.74, 6) is -3.10. The summed E-state index contributed by atoms with van der Waals surface area (Å²) in [4.78, 5) is 12.6. The number of carboxylic acid groups (broad SMARTS) is 1. The van der Waals surface area contributed by atoms with Gasteiger partial charge in [-0.05, 0) is 30.9 Å². The van der Waals surface area contributed by atoms with E-state index < -0.39 is 23.6 Å². The summed E-state index contributed by atoms with van der Waals surface area (Å²) in [6.45, 7) is 2.03. The Morgan fingerprint density at radius 1 is 1.45 bits per heavy atom. The number of hydrogen-bond donors (Lipinski definition) is 1. The monoisotopic (exact) mass is 280 g/mol. The van der Waals surface area contributed by atoms with Crippen LogP contribution in [0.4, 0.5) is 14.5 Å². The molecule has 2 unspecified atom stereocenters. The Hall–Kier alpha value is -2.16. The van der Waals surface area contributed by atoms with Crippen molar-refractivity contribution >= 4 is 11.7 Å². The predicted octanol–water partition coefficient (Wildman–Crippen LogP) is 2.53. The van der Waals surface area contributed by atoms with Gasteiger partial charge in [0.1, 0.15) is 11.7 Å². The first-order valence-electron chi connectivity index (χ1n) is 6.34. The largest absolute Gasteiger partial charge is 0.480 e. The molecule has 0 aromatic heterocycles. The summed E-state index contributed by atoms with van der Waals surface area (Å²) < 4.78 is 28.0. The summed E-state index contributed by atoms with van der Waals surface area (Å²) in [5.41, 5.74) is -0.483. The second-order valence-electron chi connectivity index (χ2n) is 5.00. The van der Waals surface area contributed by atoms with Crippen molar-refractivity contribution in [1.29, 1.82) is 5.26 Å². The van der Waals surface area contributed by atoms with E-state index in [1.807, 2.05) is 0 Å². The van der Waals surface area contributed by atoms with E-state index in [1.54, 1.807) is 13.0 Å². The van der Waals surface area contributed by atoms with Gasteiger partial charge in [0, 0.05) is 6.54 Å². The first-order chi connectivity index (χ1) is 9.45. The van der Waals surface area contributed by atoms with Crippen molar-refractivity contribution in [3.63, 3.8) is 0 Å². The molecule has 6 heteroatoms. The molecular formula is C14H14F2N2O2. The van der Waals surface area contributed by atoms with Gasteiger partial charge < -0.3 is 10.0 Å². The van der Waals surface area contributed by atoms with E-state index >= 15 is 0 Å². The molecule has 2 rings (SSSR count). The normalized spacial score (nSPS) is 22.4. The number of rotatable bonds is 2. The molecule has 0 amide bonds. The van der Waals surface area contributed by atoms with Crippen molar-refractivity contribution < 1.29 is 18.7 Å². The molecular weight excluding hydrogens is 266 g/mol. The van der Waals surface area contributed by atoms with Crippen LogP contribution in [-0.4, -0.2) is 23.7 Å². The average Bonchev–Trinajstić information content (AvgIpc) is 2.37. The summed E-state index contributed by atoms with van der Waals surface area (Å²) >= 11 is 0. The predicted molar refractivity (Wildman–Crippen MR) is 68.2 cm³/mol. The van der Waals surface area contributed by atoms with E-state index in [9.17, 15) is 18.7 Å². The van der Waals surface area contributed by atoms with Crippen LogP contribution < -0.4 is 4.90 Å². The Morgan fingerprint density at radius 2 is 2.05 bits per heavy atom. The highest BCUT2D eigenvalue weighted by Crippen LogP contribution is 2.33. The van der Waals surface area contributed by atoms with Gasteiger partial charge >= 0.3 is 5.97 Å². The van der Waals surface area contributed by atoms with Crippen molar-refractivity contribution in [2.24, 2.45) is 5.92 Å². The fourth-order valence-corrected chi connectivity index (χ4v) is 2.72. The number of halogens is 2. The lowest BCUT2D eigenvalue weighted by Crippen LogP contribution is -2.50. The third-order valence-electron chi connectivity index (χ3n) is 3.62. The molecule has 0 aliphatic carbocycles. The highest BCUT2D eigenvalue weighted by molar-refractivity contribution is 5.79. The average molecular weight is 280 g/mol. The molecule has 20 heavy (non-hydrogen) atoms. The highest BCUT2D eigenvalue weighted by Gasteiger charge is 2.36. The second-order valence-corrected chi connectivity index (χ2v) is 5.00. The number of aliphatic carboxylic acids is 1. The lowest BCUT2D eigenvalue weighted by Gasteiger charge is -2.39. The molecule has 1 aliphatic heterocycles. The van der Waals surface area contributed by atoms with E-state index in [2.05, 4.69) is 0 Å². The van der Waals surface area contributed by atoms with Crippen LogP contribution in [0.25, 0.3) is 0 Å². The lowest BCUT2D eigenvalue weighted by molar-refractivity contribution is -0.140. The number of carboxylic acids is 1. The van der Waals surface area contributed by atoms with Gasteiger partial charge in [0.2, 0.25) is 0 Å². The van der Waals surface area contributed by atoms with Crippen LogP contribution >= 0.6 is 0 Å². The van der Waals surface area contributed by atoms with Crippen molar-refractivity contribution in [2.75, 3.05) is 11.4 Å². The van der Waals surface area contributed by atoms with Crippen molar-refractivity contribution in [3.8, 4) is 6.07 Å². The zero-order chi connectivity index (χ0) is 14.9. The zero-order valence-corrected chi connectivity index (χ0v) is 10.9. The van der Waals surface area contributed by atoms with Gasteiger partial charge in [-0.2, -0.15) is 5.26 Å². The number of carbonyl (C=O) groups is 1. The van der Waals surface area contributed by atoms with Crippen LogP contribution in [0, 0.1) is 28.9 Å². The molecule has 1 heterocycles. The fraction of sp³-hybridized carbons (Fsp3) is 0.429. The van der Waals surface area contributed by atoms with Crippen LogP contribution in [0.15, 0.2) is 12.1 Å². The van der Waals surface area contributed by atoms with E-state index in [0.29, 0.717) is 12.8 Å². The highest BCUT2D eigenvalue weighted by atomic mass is 19.1. The Kier molecular flexibility index (Phi) is 3.89. The Labute approximate surface area is 115 Å². The molecule has 0 radical (unpaired) electrons. The van der Waals surface area contributed by atoms with Gasteiger partial charge in [0.25, 0.3) is 0 Å². The minimum atomic E-state index is -1.10. The van der Waals surface area contributed by atoms with Gasteiger partial charge in [-0.15, -0.1) is 0 Å². The summed E-state index contributed by atoms with van der Waals surface area (Å²) in [6, 6.07) is 2.56. The van der Waals surface area contributed by atoms with Gasteiger partial charge in [-0.25, -0.2) is 13.6 Å². The van der Waals surface area contributed by atoms with Crippen LogP contribution in [-0.2, 0) is 4.79 Å². The molecule has 0 saturated carbocycles. The molecule has 1 aromatic carbocycles. The number of benzene rings is 1. The number of piperidine rings is 1. The minimum absolute atomic E-state index is 0.124. The van der Waals surface area contributed by atoms with Crippen LogP contribution in [0.3, 0.4) is 0 Å². The number of hydrogen-bond acceptors (Lipinski definition) is 3.